The number of halogens is 1. The third kappa shape index (κ3) is 1.85. The monoisotopic (exact) mass is 345 g/mol. The van der Waals surface area contributed by atoms with Gasteiger partial charge < -0.3 is 15.1 Å². The summed E-state index contributed by atoms with van der Waals surface area (Å²) in [5.41, 5.74) is 0.906. The summed E-state index contributed by atoms with van der Waals surface area (Å²) in [5.74, 6) is 1.10. The summed E-state index contributed by atoms with van der Waals surface area (Å²) < 4.78 is 0. The second kappa shape index (κ2) is 5.07. The lowest BCUT2D eigenvalue weighted by Gasteiger charge is -2.47. The number of benzene rings is 1. The molecule has 8 atom stereocenters. The maximum absolute atomic E-state index is 12.9. The molecule has 3 aliphatic carbocycles. The molecule has 0 aromatic heterocycles. The molecule has 0 radical (unpaired) electrons. The van der Waals surface area contributed by atoms with E-state index in [4.69, 9.17) is 11.6 Å². The summed E-state index contributed by atoms with van der Waals surface area (Å²) in [7, 11) is 0. The summed E-state index contributed by atoms with van der Waals surface area (Å²) in [6.07, 6.45) is 4.26. The Morgan fingerprint density at radius 1 is 1.08 bits per heavy atom. The van der Waals surface area contributed by atoms with Gasteiger partial charge in [0, 0.05) is 11.1 Å². The highest BCUT2D eigenvalue weighted by Crippen LogP contribution is 2.64. The van der Waals surface area contributed by atoms with Crippen LogP contribution in [0.3, 0.4) is 0 Å². The van der Waals surface area contributed by atoms with Crippen molar-refractivity contribution in [3.8, 4) is 0 Å². The van der Waals surface area contributed by atoms with Gasteiger partial charge in [-0.2, -0.15) is 0 Å². The number of nitrogens with zero attached hydrogens (tertiary/aromatic N) is 1. The third-order valence-electron chi connectivity index (χ3n) is 6.83. The van der Waals surface area contributed by atoms with Crippen molar-refractivity contribution in [1.29, 1.82) is 0 Å². The number of likely N-dealkylation sites (tertiary alicyclic amines) is 1. The van der Waals surface area contributed by atoms with Crippen LogP contribution in [0.4, 0.5) is 0 Å². The lowest BCUT2D eigenvalue weighted by atomic mass is 9.75. The molecule has 24 heavy (non-hydrogen) atoms. The number of hydrogen-bond acceptors (Lipinski definition) is 3. The molecule has 4 aliphatic rings. The molecule has 4 fully saturated rings. The van der Waals surface area contributed by atoms with Crippen LogP contribution in [0, 0.1) is 23.7 Å². The topological polar surface area (TPSA) is 60.8 Å². The summed E-state index contributed by atoms with van der Waals surface area (Å²) in [5, 5.41) is 21.9. The number of piperidine rings is 1. The van der Waals surface area contributed by atoms with Crippen LogP contribution in [0.2, 0.25) is 5.02 Å². The highest BCUT2D eigenvalue weighted by atomic mass is 35.5. The highest BCUT2D eigenvalue weighted by Gasteiger charge is 2.70. The van der Waals surface area contributed by atoms with E-state index in [1.165, 1.54) is 0 Å². The molecule has 126 valence electrons. The van der Waals surface area contributed by atoms with E-state index < -0.39 is 12.2 Å². The zero-order valence-corrected chi connectivity index (χ0v) is 13.9. The first-order chi connectivity index (χ1) is 11.6. The average Bonchev–Trinajstić information content (AvgIpc) is 3.13. The van der Waals surface area contributed by atoms with Crippen LogP contribution >= 0.6 is 11.6 Å². The lowest BCUT2D eigenvalue weighted by molar-refractivity contribution is -0.148. The summed E-state index contributed by atoms with van der Waals surface area (Å²) >= 11 is 5.88. The normalized spacial score (nSPS) is 44.9. The molecule has 1 saturated heterocycles. The van der Waals surface area contributed by atoms with Crippen molar-refractivity contribution in [3.05, 3.63) is 40.9 Å². The number of fused-ring (bicyclic) bond motifs is 3. The fourth-order valence-electron chi connectivity index (χ4n) is 6.04. The number of carbonyl (C=O) groups is 1. The van der Waals surface area contributed by atoms with E-state index in [0.29, 0.717) is 10.9 Å². The maximum Gasteiger partial charge on any atom is 0.247 e. The molecule has 1 aromatic rings. The number of amides is 1. The summed E-state index contributed by atoms with van der Waals surface area (Å²) in [6, 6.07) is 7.05. The van der Waals surface area contributed by atoms with E-state index in [1.807, 2.05) is 12.1 Å². The number of aliphatic hydroxyl groups is 2. The Hall–Kier alpha value is -1.36. The maximum atomic E-state index is 12.9. The van der Waals surface area contributed by atoms with Gasteiger partial charge in [0.1, 0.15) is 0 Å². The predicted molar refractivity (Wildman–Crippen MR) is 90.1 cm³/mol. The van der Waals surface area contributed by atoms with E-state index in [0.717, 1.165) is 18.4 Å². The first kappa shape index (κ1) is 14.9. The number of hydrogen-bond donors (Lipinski definition) is 2. The van der Waals surface area contributed by atoms with Gasteiger partial charge in [0.15, 0.2) is 0 Å². The van der Waals surface area contributed by atoms with Crippen molar-refractivity contribution >= 4 is 23.6 Å². The van der Waals surface area contributed by atoms with Gasteiger partial charge in [-0.3, -0.25) is 4.79 Å². The van der Waals surface area contributed by atoms with Gasteiger partial charge in [0.05, 0.1) is 24.3 Å². The molecule has 1 amide bonds. The summed E-state index contributed by atoms with van der Waals surface area (Å²) in [6.45, 7) is 0. The molecule has 2 N–H and O–H groups in total. The van der Waals surface area contributed by atoms with E-state index in [1.54, 1.807) is 29.2 Å². The van der Waals surface area contributed by atoms with Crippen molar-refractivity contribution in [2.75, 3.05) is 0 Å². The van der Waals surface area contributed by atoms with Crippen LogP contribution < -0.4 is 0 Å². The number of carbonyl (C=O) groups excluding carboxylic acids is 1. The van der Waals surface area contributed by atoms with Crippen LogP contribution in [-0.2, 0) is 4.79 Å². The Kier molecular flexibility index (Phi) is 3.16. The highest BCUT2D eigenvalue weighted by molar-refractivity contribution is 6.30. The first-order valence-corrected chi connectivity index (χ1v) is 9.06. The Morgan fingerprint density at radius 3 is 2.58 bits per heavy atom. The second-order valence-electron chi connectivity index (χ2n) is 7.71. The van der Waals surface area contributed by atoms with E-state index in [9.17, 15) is 15.0 Å². The molecule has 1 aromatic carbocycles. The third-order valence-corrected chi connectivity index (χ3v) is 7.09. The lowest BCUT2D eigenvalue weighted by Crippen LogP contribution is -2.62. The molecule has 8 unspecified atom stereocenters. The molecular formula is C19H20ClNO3. The minimum atomic E-state index is -0.429. The average molecular weight is 346 g/mol. The predicted octanol–water partition coefficient (Wildman–Crippen LogP) is 1.94. The van der Waals surface area contributed by atoms with Crippen LogP contribution in [0.15, 0.2) is 30.3 Å². The minimum Gasteiger partial charge on any atom is -0.391 e. The number of aliphatic hydroxyl groups excluding tert-OH is 2. The molecule has 4 bridgehead atoms. The fraction of sp³-hybridized carbons (Fsp3) is 0.526. The van der Waals surface area contributed by atoms with Gasteiger partial charge in [-0.25, -0.2) is 0 Å². The van der Waals surface area contributed by atoms with E-state index >= 15 is 0 Å². The second-order valence-corrected chi connectivity index (χ2v) is 8.15. The minimum absolute atomic E-state index is 0.107. The Morgan fingerprint density at radius 2 is 1.83 bits per heavy atom. The van der Waals surface area contributed by atoms with Crippen LogP contribution in [0.5, 0.6) is 0 Å². The number of rotatable bonds is 2. The summed E-state index contributed by atoms with van der Waals surface area (Å²) in [4.78, 5) is 14.6. The molecule has 5 rings (SSSR count). The smallest absolute Gasteiger partial charge is 0.247 e. The Bertz CT molecular complexity index is 718. The van der Waals surface area contributed by atoms with Gasteiger partial charge in [-0.05, 0) is 60.3 Å². The molecule has 1 aliphatic heterocycles. The quantitative estimate of drug-likeness (QED) is 0.805. The van der Waals surface area contributed by atoms with Crippen LogP contribution in [0.1, 0.15) is 18.4 Å². The Balaban J connectivity index is 1.43. The Labute approximate surface area is 145 Å². The molecule has 5 heteroatoms. The van der Waals surface area contributed by atoms with Gasteiger partial charge in [-0.1, -0.05) is 23.7 Å². The molecule has 4 nitrogen and oxygen atoms in total. The van der Waals surface area contributed by atoms with Crippen LogP contribution in [0.25, 0.3) is 6.08 Å². The molecule has 3 saturated carbocycles. The van der Waals surface area contributed by atoms with Gasteiger partial charge in [0.25, 0.3) is 0 Å². The van der Waals surface area contributed by atoms with Gasteiger partial charge in [-0.15, -0.1) is 0 Å². The fourth-order valence-corrected chi connectivity index (χ4v) is 6.16. The van der Waals surface area contributed by atoms with Crippen molar-refractivity contribution in [3.63, 3.8) is 0 Å². The van der Waals surface area contributed by atoms with Gasteiger partial charge >= 0.3 is 0 Å². The first-order valence-electron chi connectivity index (χ1n) is 8.68. The van der Waals surface area contributed by atoms with Crippen molar-refractivity contribution in [1.82, 2.24) is 4.90 Å². The standard InChI is InChI=1S/C19H20ClNO3/c20-10-4-1-9(2-5-10)3-6-15(22)21-14-8-11-12-7-13(16(11)19(14)24)17(21)18(12)23/h1-6,11-14,16-19,23-24H,7-8H2/b6-3+. The van der Waals surface area contributed by atoms with Crippen molar-refractivity contribution < 1.29 is 15.0 Å². The molecular weight excluding hydrogens is 326 g/mol. The SMILES string of the molecule is O=C(/C=C/c1ccc(Cl)cc1)N1C2CC3C4CC(C3C2O)C1C4O. The molecule has 0 spiro atoms. The van der Waals surface area contributed by atoms with Crippen molar-refractivity contribution in [2.45, 2.75) is 37.1 Å². The van der Waals surface area contributed by atoms with Crippen molar-refractivity contribution in [2.24, 2.45) is 23.7 Å². The van der Waals surface area contributed by atoms with E-state index in [-0.39, 0.29) is 35.7 Å². The molecule has 1 heterocycles. The van der Waals surface area contributed by atoms with E-state index in [2.05, 4.69) is 0 Å². The largest absolute Gasteiger partial charge is 0.391 e. The zero-order valence-electron chi connectivity index (χ0n) is 13.1. The van der Waals surface area contributed by atoms with Crippen LogP contribution in [-0.4, -0.2) is 45.3 Å². The van der Waals surface area contributed by atoms with Gasteiger partial charge in [0.2, 0.25) is 5.91 Å². The zero-order chi connectivity index (χ0) is 16.6.